The number of rotatable bonds is 4. The Kier molecular flexibility index (Phi) is 3.52. The zero-order valence-electron chi connectivity index (χ0n) is 14.4. The molecule has 0 bridgehead atoms. The molecule has 25 heavy (non-hydrogen) atoms. The van der Waals surface area contributed by atoms with Gasteiger partial charge in [-0.1, -0.05) is 6.08 Å². The predicted molar refractivity (Wildman–Crippen MR) is 96.3 cm³/mol. The fraction of sp³-hybridized carbons (Fsp3) is 0.333. The highest BCUT2D eigenvalue weighted by molar-refractivity contribution is 5.83. The lowest BCUT2D eigenvalue weighted by molar-refractivity contribution is 0.234. The van der Waals surface area contributed by atoms with Crippen molar-refractivity contribution in [2.75, 3.05) is 11.9 Å². The summed E-state index contributed by atoms with van der Waals surface area (Å²) in [5.41, 5.74) is 3.65. The number of allylic oxidation sites excluding steroid dienone is 1. The van der Waals surface area contributed by atoms with Crippen LogP contribution in [0.4, 0.5) is 10.3 Å². The van der Waals surface area contributed by atoms with Gasteiger partial charge < -0.3 is 5.32 Å². The van der Waals surface area contributed by atoms with E-state index in [2.05, 4.69) is 31.6 Å². The molecule has 1 aliphatic carbocycles. The average Bonchev–Trinajstić information content (AvgIpc) is 3.15. The minimum absolute atomic E-state index is 0. The highest BCUT2D eigenvalue weighted by Crippen LogP contribution is 2.32. The van der Waals surface area contributed by atoms with E-state index in [9.17, 15) is 4.39 Å². The Morgan fingerprint density at radius 1 is 1.32 bits per heavy atom. The Bertz CT molecular complexity index is 989. The van der Waals surface area contributed by atoms with Crippen LogP contribution in [0.25, 0.3) is 11.2 Å². The fourth-order valence-electron chi connectivity index (χ4n) is 2.92. The van der Waals surface area contributed by atoms with Crippen molar-refractivity contribution in [3.8, 4) is 0 Å². The molecule has 1 N–H and O–H groups in total. The second-order valence-corrected chi connectivity index (χ2v) is 6.84. The minimum atomic E-state index is -1.31. The smallest absolute Gasteiger partial charge is 0.223 e. The molecule has 0 aromatic carbocycles. The molecule has 4 rings (SSSR count). The number of aryl methyl sites for hydroxylation is 1. The van der Waals surface area contributed by atoms with Crippen LogP contribution in [-0.4, -0.2) is 36.8 Å². The van der Waals surface area contributed by atoms with Gasteiger partial charge in [0.2, 0.25) is 5.95 Å². The summed E-state index contributed by atoms with van der Waals surface area (Å²) in [6.07, 6.45) is 6.71. The first-order chi connectivity index (χ1) is 11.9. The molecule has 0 fully saturated rings. The van der Waals surface area contributed by atoms with Crippen LogP contribution in [0.5, 0.6) is 0 Å². The third-order valence-corrected chi connectivity index (χ3v) is 4.21. The van der Waals surface area contributed by atoms with Gasteiger partial charge in [-0.15, -0.1) is 10.2 Å². The molecule has 0 saturated heterocycles. The van der Waals surface area contributed by atoms with Gasteiger partial charge in [-0.05, 0) is 44.0 Å². The van der Waals surface area contributed by atoms with Crippen LogP contribution >= 0.6 is 0 Å². The first kappa shape index (κ1) is 15.7. The standard InChI is InChI=1S/C18H19FN6.H2/c1-11-23-24-16-7-4-12(9-25(11)16)13-5-6-15-14(13)8-20-17(22-15)21-10-18(2,3)19;/h4-5,7-9H,6,10H2,1-3H3,(H,20,21,22);1H. The first-order valence-electron chi connectivity index (χ1n) is 8.22. The van der Waals surface area contributed by atoms with Crippen LogP contribution in [-0.2, 0) is 6.42 Å². The SMILES string of the molecule is Cc1nnc2ccc(C3=CCc4nc(NCC(C)(C)F)ncc43)cn12.[HH]. The maximum atomic E-state index is 13.6. The Balaban J connectivity index is 0.00000196. The lowest BCUT2D eigenvalue weighted by Gasteiger charge is -2.15. The summed E-state index contributed by atoms with van der Waals surface area (Å²) in [6, 6.07) is 3.98. The Morgan fingerprint density at radius 3 is 2.96 bits per heavy atom. The molecular weight excluding hydrogens is 319 g/mol. The van der Waals surface area contributed by atoms with Gasteiger partial charge in [-0.2, -0.15) is 0 Å². The summed E-state index contributed by atoms with van der Waals surface area (Å²) in [5, 5.41) is 11.2. The average molecular weight is 340 g/mol. The van der Waals surface area contributed by atoms with Crippen molar-refractivity contribution in [3.63, 3.8) is 0 Å². The molecule has 0 atom stereocenters. The summed E-state index contributed by atoms with van der Waals surface area (Å²) >= 11 is 0. The van der Waals surface area contributed by atoms with E-state index < -0.39 is 5.67 Å². The molecule has 0 saturated carbocycles. The van der Waals surface area contributed by atoms with E-state index in [4.69, 9.17) is 0 Å². The molecule has 6 nitrogen and oxygen atoms in total. The van der Waals surface area contributed by atoms with Gasteiger partial charge in [0.05, 0.1) is 12.2 Å². The number of nitrogens with zero attached hydrogens (tertiary/aromatic N) is 5. The monoisotopic (exact) mass is 340 g/mol. The Labute approximate surface area is 146 Å². The van der Waals surface area contributed by atoms with Crippen molar-refractivity contribution in [3.05, 3.63) is 53.2 Å². The van der Waals surface area contributed by atoms with Gasteiger partial charge in [0.25, 0.3) is 0 Å². The molecule has 0 aliphatic heterocycles. The number of hydrogen-bond donors (Lipinski definition) is 1. The molecule has 0 spiro atoms. The van der Waals surface area contributed by atoms with E-state index in [0.29, 0.717) is 5.95 Å². The molecular formula is C18H21FN6. The molecule has 0 amide bonds. The second kappa shape index (κ2) is 5.61. The van der Waals surface area contributed by atoms with Crippen molar-refractivity contribution >= 4 is 17.2 Å². The lowest BCUT2D eigenvalue weighted by atomic mass is 10.0. The Morgan fingerprint density at radius 2 is 2.16 bits per heavy atom. The number of hydrogen-bond acceptors (Lipinski definition) is 5. The third-order valence-electron chi connectivity index (χ3n) is 4.21. The molecule has 3 heterocycles. The van der Waals surface area contributed by atoms with Crippen molar-refractivity contribution in [1.29, 1.82) is 0 Å². The highest BCUT2D eigenvalue weighted by atomic mass is 19.1. The summed E-state index contributed by atoms with van der Waals surface area (Å²) < 4.78 is 15.6. The van der Waals surface area contributed by atoms with Crippen LogP contribution in [0.2, 0.25) is 0 Å². The van der Waals surface area contributed by atoms with Gasteiger partial charge in [0, 0.05) is 25.8 Å². The van der Waals surface area contributed by atoms with Crippen molar-refractivity contribution in [1.82, 2.24) is 24.6 Å². The molecule has 0 unspecified atom stereocenters. The van der Waals surface area contributed by atoms with E-state index in [1.807, 2.05) is 29.7 Å². The summed E-state index contributed by atoms with van der Waals surface area (Å²) in [5.74, 6) is 1.31. The number of fused-ring (bicyclic) bond motifs is 2. The van der Waals surface area contributed by atoms with Crippen LogP contribution in [0, 0.1) is 6.92 Å². The van der Waals surface area contributed by atoms with Crippen molar-refractivity contribution < 1.29 is 5.82 Å². The summed E-state index contributed by atoms with van der Waals surface area (Å²) in [7, 11) is 0. The first-order valence-corrected chi connectivity index (χ1v) is 8.22. The number of pyridine rings is 1. The number of halogens is 1. The van der Waals surface area contributed by atoms with E-state index in [1.54, 1.807) is 6.20 Å². The number of anilines is 1. The summed E-state index contributed by atoms with van der Waals surface area (Å²) in [6.45, 7) is 5.15. The molecule has 7 heteroatoms. The molecule has 0 radical (unpaired) electrons. The molecule has 3 aromatic heterocycles. The zero-order valence-corrected chi connectivity index (χ0v) is 14.4. The van der Waals surface area contributed by atoms with Crippen LogP contribution < -0.4 is 5.32 Å². The fourth-order valence-corrected chi connectivity index (χ4v) is 2.92. The zero-order chi connectivity index (χ0) is 17.6. The molecule has 130 valence electrons. The maximum Gasteiger partial charge on any atom is 0.223 e. The number of aromatic nitrogens is 5. The van der Waals surface area contributed by atoms with Gasteiger partial charge >= 0.3 is 0 Å². The van der Waals surface area contributed by atoms with Crippen molar-refractivity contribution in [2.45, 2.75) is 32.9 Å². The van der Waals surface area contributed by atoms with Crippen LogP contribution in [0.15, 0.2) is 30.6 Å². The van der Waals surface area contributed by atoms with Gasteiger partial charge in [0.15, 0.2) is 5.65 Å². The number of alkyl halides is 1. The van der Waals surface area contributed by atoms with Gasteiger partial charge in [-0.25, -0.2) is 14.4 Å². The minimum Gasteiger partial charge on any atom is -0.351 e. The number of nitrogens with one attached hydrogen (secondary N) is 1. The Hall–Kier alpha value is -2.83. The quantitative estimate of drug-likeness (QED) is 0.790. The largest absolute Gasteiger partial charge is 0.351 e. The van der Waals surface area contributed by atoms with Crippen LogP contribution in [0.3, 0.4) is 0 Å². The highest BCUT2D eigenvalue weighted by Gasteiger charge is 2.20. The molecule has 1 aliphatic rings. The molecule has 3 aromatic rings. The normalized spacial score (nSPS) is 13.8. The predicted octanol–water partition coefficient (Wildman–Crippen LogP) is 3.22. The topological polar surface area (TPSA) is 68.0 Å². The van der Waals surface area contributed by atoms with Crippen LogP contribution in [0.1, 0.15) is 37.9 Å². The third kappa shape index (κ3) is 2.97. The van der Waals surface area contributed by atoms with Crippen molar-refractivity contribution in [2.24, 2.45) is 0 Å². The van der Waals surface area contributed by atoms with Gasteiger partial charge in [0.1, 0.15) is 11.5 Å². The lowest BCUT2D eigenvalue weighted by Crippen LogP contribution is -2.25. The summed E-state index contributed by atoms with van der Waals surface area (Å²) in [4.78, 5) is 8.87. The van der Waals surface area contributed by atoms with E-state index >= 15 is 0 Å². The second-order valence-electron chi connectivity index (χ2n) is 6.84. The maximum absolute atomic E-state index is 13.6. The van der Waals surface area contributed by atoms with E-state index in [0.717, 1.165) is 40.3 Å². The van der Waals surface area contributed by atoms with Gasteiger partial charge in [-0.3, -0.25) is 4.40 Å². The van der Waals surface area contributed by atoms with E-state index in [-0.39, 0.29) is 7.97 Å². The van der Waals surface area contributed by atoms with E-state index in [1.165, 1.54) is 13.8 Å².